The summed E-state index contributed by atoms with van der Waals surface area (Å²) < 4.78 is 0. The highest BCUT2D eigenvalue weighted by atomic mass is 32.1. The lowest BCUT2D eigenvalue weighted by molar-refractivity contribution is 1.01. The van der Waals surface area contributed by atoms with E-state index in [0.29, 0.717) is 12.1 Å². The molecule has 1 aromatic heterocycles. The SMILES string of the molecule is CCc1nc(CNc2cccc(C#N)c2)cs1. The molecule has 0 atom stereocenters. The molecule has 0 amide bonds. The maximum Gasteiger partial charge on any atom is 0.0992 e. The highest BCUT2D eigenvalue weighted by Gasteiger charge is 2.00. The third-order valence-corrected chi connectivity index (χ3v) is 3.41. The maximum atomic E-state index is 8.79. The molecule has 0 fully saturated rings. The number of anilines is 1. The molecule has 4 heteroatoms. The van der Waals surface area contributed by atoms with Crippen molar-refractivity contribution in [1.29, 1.82) is 5.26 Å². The Morgan fingerprint density at radius 2 is 2.35 bits per heavy atom. The molecule has 0 radical (unpaired) electrons. The first-order chi connectivity index (χ1) is 8.31. The molecule has 0 unspecified atom stereocenters. The number of nitrogens with one attached hydrogen (secondary N) is 1. The van der Waals surface area contributed by atoms with Crippen LogP contribution in [-0.4, -0.2) is 4.98 Å². The van der Waals surface area contributed by atoms with Gasteiger partial charge in [-0.2, -0.15) is 5.26 Å². The first-order valence-corrected chi connectivity index (χ1v) is 6.37. The fraction of sp³-hybridized carbons (Fsp3) is 0.231. The van der Waals surface area contributed by atoms with Crippen LogP contribution in [0.25, 0.3) is 0 Å². The van der Waals surface area contributed by atoms with Gasteiger partial charge < -0.3 is 5.32 Å². The van der Waals surface area contributed by atoms with Crippen molar-refractivity contribution in [3.05, 3.63) is 45.9 Å². The van der Waals surface area contributed by atoms with Crippen LogP contribution in [0.2, 0.25) is 0 Å². The Kier molecular flexibility index (Phi) is 3.73. The summed E-state index contributed by atoms with van der Waals surface area (Å²) in [6, 6.07) is 9.59. The second-order valence-corrected chi connectivity index (χ2v) is 4.57. The molecule has 1 heterocycles. The summed E-state index contributed by atoms with van der Waals surface area (Å²) >= 11 is 1.69. The summed E-state index contributed by atoms with van der Waals surface area (Å²) in [5, 5.41) is 15.3. The summed E-state index contributed by atoms with van der Waals surface area (Å²) in [5.41, 5.74) is 2.67. The molecule has 1 aromatic carbocycles. The molecule has 0 saturated heterocycles. The molecule has 0 aliphatic rings. The van der Waals surface area contributed by atoms with Crippen molar-refractivity contribution in [2.75, 3.05) is 5.32 Å². The van der Waals surface area contributed by atoms with Gasteiger partial charge in [-0.15, -0.1) is 11.3 Å². The minimum atomic E-state index is 0.669. The van der Waals surface area contributed by atoms with Gasteiger partial charge in [0.25, 0.3) is 0 Å². The predicted molar refractivity (Wildman–Crippen MR) is 70.0 cm³/mol. The quantitative estimate of drug-likeness (QED) is 0.897. The summed E-state index contributed by atoms with van der Waals surface area (Å²) in [7, 11) is 0. The van der Waals surface area contributed by atoms with Gasteiger partial charge in [-0.25, -0.2) is 4.98 Å². The molecule has 2 rings (SSSR count). The fourth-order valence-corrected chi connectivity index (χ4v) is 2.23. The van der Waals surface area contributed by atoms with Gasteiger partial charge in [0, 0.05) is 11.1 Å². The number of nitriles is 1. The van der Waals surface area contributed by atoms with Gasteiger partial charge in [-0.1, -0.05) is 13.0 Å². The number of thiazole rings is 1. The average molecular weight is 243 g/mol. The average Bonchev–Trinajstić information content (AvgIpc) is 2.84. The molecule has 1 N–H and O–H groups in total. The van der Waals surface area contributed by atoms with Crippen LogP contribution in [0.3, 0.4) is 0 Å². The van der Waals surface area contributed by atoms with Crippen molar-refractivity contribution < 1.29 is 0 Å². The molecule has 2 aromatic rings. The van der Waals surface area contributed by atoms with Crippen molar-refractivity contribution in [1.82, 2.24) is 4.98 Å². The van der Waals surface area contributed by atoms with Crippen molar-refractivity contribution in [2.45, 2.75) is 19.9 Å². The van der Waals surface area contributed by atoms with Crippen LogP contribution in [-0.2, 0) is 13.0 Å². The van der Waals surface area contributed by atoms with Gasteiger partial charge in [-0.3, -0.25) is 0 Å². The molecule has 0 saturated carbocycles. The standard InChI is InChI=1S/C13H13N3S/c1-2-13-16-12(9-17-13)8-15-11-5-3-4-10(6-11)7-14/h3-6,9,15H,2,8H2,1H3. The van der Waals surface area contributed by atoms with Gasteiger partial charge in [0.1, 0.15) is 0 Å². The normalized spacial score (nSPS) is 9.88. The lowest BCUT2D eigenvalue weighted by atomic mass is 10.2. The lowest BCUT2D eigenvalue weighted by Gasteiger charge is -2.04. The number of hydrogen-bond donors (Lipinski definition) is 1. The lowest BCUT2D eigenvalue weighted by Crippen LogP contribution is -2.00. The van der Waals surface area contributed by atoms with Crippen molar-refractivity contribution in [3.8, 4) is 6.07 Å². The van der Waals surface area contributed by atoms with E-state index < -0.39 is 0 Å². The third kappa shape index (κ3) is 3.05. The molecular formula is C13H13N3S. The second-order valence-electron chi connectivity index (χ2n) is 3.63. The van der Waals surface area contributed by atoms with Gasteiger partial charge in [-0.05, 0) is 24.6 Å². The zero-order chi connectivity index (χ0) is 12.1. The van der Waals surface area contributed by atoms with Crippen LogP contribution in [0, 0.1) is 11.3 Å². The number of benzene rings is 1. The van der Waals surface area contributed by atoms with E-state index in [9.17, 15) is 0 Å². The van der Waals surface area contributed by atoms with E-state index in [4.69, 9.17) is 5.26 Å². The van der Waals surface area contributed by atoms with Crippen LogP contribution < -0.4 is 5.32 Å². The van der Waals surface area contributed by atoms with Crippen LogP contribution in [0.15, 0.2) is 29.6 Å². The minimum absolute atomic E-state index is 0.669. The Balaban J connectivity index is 1.99. The molecule has 17 heavy (non-hydrogen) atoms. The Bertz CT molecular complexity index is 540. The monoisotopic (exact) mass is 243 g/mol. The van der Waals surface area contributed by atoms with E-state index in [-0.39, 0.29) is 0 Å². The highest BCUT2D eigenvalue weighted by Crippen LogP contribution is 2.14. The summed E-state index contributed by atoms with van der Waals surface area (Å²) in [6.45, 7) is 2.80. The van der Waals surface area contributed by atoms with Crippen LogP contribution in [0.5, 0.6) is 0 Å². The van der Waals surface area contributed by atoms with Gasteiger partial charge in [0.05, 0.1) is 28.9 Å². The number of aromatic nitrogens is 1. The zero-order valence-corrected chi connectivity index (χ0v) is 10.4. The van der Waals surface area contributed by atoms with E-state index in [1.807, 2.05) is 18.2 Å². The molecule has 0 bridgehead atoms. The number of aryl methyl sites for hydroxylation is 1. The number of rotatable bonds is 4. The molecule has 0 aliphatic carbocycles. The zero-order valence-electron chi connectivity index (χ0n) is 9.60. The van der Waals surface area contributed by atoms with Crippen molar-refractivity contribution >= 4 is 17.0 Å². The minimum Gasteiger partial charge on any atom is -0.379 e. The second kappa shape index (κ2) is 5.46. The van der Waals surface area contributed by atoms with E-state index in [2.05, 4.69) is 28.7 Å². The highest BCUT2D eigenvalue weighted by molar-refractivity contribution is 7.09. The van der Waals surface area contributed by atoms with Crippen molar-refractivity contribution in [3.63, 3.8) is 0 Å². The first kappa shape index (κ1) is 11.6. The van der Waals surface area contributed by atoms with E-state index >= 15 is 0 Å². The Hall–Kier alpha value is -1.86. The molecule has 3 nitrogen and oxygen atoms in total. The van der Waals surface area contributed by atoms with Crippen LogP contribution in [0.1, 0.15) is 23.2 Å². The topological polar surface area (TPSA) is 48.7 Å². The van der Waals surface area contributed by atoms with Crippen LogP contribution in [0.4, 0.5) is 5.69 Å². The largest absolute Gasteiger partial charge is 0.379 e. The summed E-state index contributed by atoms with van der Waals surface area (Å²) in [6.07, 6.45) is 0.981. The molecule has 0 aliphatic heterocycles. The summed E-state index contributed by atoms with van der Waals surface area (Å²) in [5.74, 6) is 0. The Labute approximate surface area is 105 Å². The van der Waals surface area contributed by atoms with Gasteiger partial charge >= 0.3 is 0 Å². The number of hydrogen-bond acceptors (Lipinski definition) is 4. The Morgan fingerprint density at radius 1 is 1.47 bits per heavy atom. The van der Waals surface area contributed by atoms with E-state index in [0.717, 1.165) is 22.8 Å². The predicted octanol–water partition coefficient (Wildman–Crippen LogP) is 3.19. The fourth-order valence-electron chi connectivity index (χ4n) is 1.48. The number of nitrogens with zero attached hydrogens (tertiary/aromatic N) is 2. The van der Waals surface area contributed by atoms with Crippen LogP contribution >= 0.6 is 11.3 Å². The van der Waals surface area contributed by atoms with Gasteiger partial charge in [0.2, 0.25) is 0 Å². The molecule has 0 spiro atoms. The third-order valence-electron chi connectivity index (χ3n) is 2.37. The molecule has 86 valence electrons. The van der Waals surface area contributed by atoms with E-state index in [1.54, 1.807) is 17.4 Å². The van der Waals surface area contributed by atoms with Crippen molar-refractivity contribution in [2.24, 2.45) is 0 Å². The smallest absolute Gasteiger partial charge is 0.0992 e. The Morgan fingerprint density at radius 3 is 3.06 bits per heavy atom. The first-order valence-electron chi connectivity index (χ1n) is 5.49. The summed E-state index contributed by atoms with van der Waals surface area (Å²) in [4.78, 5) is 4.48. The maximum absolute atomic E-state index is 8.79. The molecular weight excluding hydrogens is 230 g/mol. The van der Waals surface area contributed by atoms with Gasteiger partial charge in [0.15, 0.2) is 0 Å². The van der Waals surface area contributed by atoms with E-state index in [1.165, 1.54) is 0 Å².